The molecule has 1 aliphatic rings. The van der Waals surface area contributed by atoms with E-state index in [1.165, 1.54) is 25.7 Å². The van der Waals surface area contributed by atoms with E-state index in [0.29, 0.717) is 11.2 Å². The summed E-state index contributed by atoms with van der Waals surface area (Å²) in [6.45, 7) is 3.90. The summed E-state index contributed by atoms with van der Waals surface area (Å²) in [4.78, 5) is 4.08. The van der Waals surface area contributed by atoms with Gasteiger partial charge in [0.25, 0.3) is 5.78 Å². The van der Waals surface area contributed by atoms with Crippen LogP contribution < -0.4 is 0 Å². The van der Waals surface area contributed by atoms with Gasteiger partial charge in [0.1, 0.15) is 6.33 Å². The van der Waals surface area contributed by atoms with Crippen molar-refractivity contribution >= 4 is 17.5 Å². The monoisotopic (exact) mass is 263 g/mol. The average molecular weight is 263 g/mol. The van der Waals surface area contributed by atoms with Crippen molar-refractivity contribution in [3.8, 4) is 0 Å². The second kappa shape index (κ2) is 4.76. The Morgan fingerprint density at radius 3 is 3.06 bits per heavy atom. The quantitative estimate of drug-likeness (QED) is 0.665. The number of aromatic nitrogens is 5. The lowest BCUT2D eigenvalue weighted by Crippen LogP contribution is -2.18. The van der Waals surface area contributed by atoms with Crippen LogP contribution in [0.3, 0.4) is 0 Å². The van der Waals surface area contributed by atoms with Gasteiger partial charge in [0, 0.05) is 5.75 Å². The molecule has 1 N–H and O–H groups in total. The summed E-state index contributed by atoms with van der Waals surface area (Å²) in [6, 6.07) is 0. The highest BCUT2D eigenvalue weighted by Crippen LogP contribution is 2.44. The Hall–Kier alpha value is -1.30. The Kier molecular flexibility index (Phi) is 3.11. The van der Waals surface area contributed by atoms with Gasteiger partial charge in [-0.1, -0.05) is 30.7 Å². The molecule has 1 aliphatic carbocycles. The van der Waals surface area contributed by atoms with Crippen LogP contribution in [-0.4, -0.2) is 30.5 Å². The van der Waals surface area contributed by atoms with Crippen molar-refractivity contribution in [2.45, 2.75) is 37.3 Å². The standard InChI is InChI=1S/C12H17N5S/c1-2-5-12(6-3-4-7-12)8-18-11-16-15-10-13-9-14-17(10)11/h2,9H,1,3-8H2,(H,13,14,15). The van der Waals surface area contributed by atoms with Gasteiger partial charge in [-0.05, 0) is 24.7 Å². The molecule has 0 bridgehead atoms. The molecule has 3 rings (SSSR count). The number of allylic oxidation sites excluding steroid dienone is 1. The number of nitrogens with one attached hydrogen (secondary N) is 1. The Morgan fingerprint density at radius 1 is 1.44 bits per heavy atom. The van der Waals surface area contributed by atoms with Gasteiger partial charge >= 0.3 is 0 Å². The average Bonchev–Trinajstić information content (AvgIpc) is 3.03. The number of hydrogen-bond acceptors (Lipinski definition) is 4. The molecule has 2 aromatic rings. The molecule has 1 fully saturated rings. The molecule has 0 atom stereocenters. The van der Waals surface area contributed by atoms with Crippen molar-refractivity contribution in [3.63, 3.8) is 0 Å². The minimum Gasteiger partial charge on any atom is -0.278 e. The predicted molar refractivity (Wildman–Crippen MR) is 71.6 cm³/mol. The molecule has 0 spiro atoms. The highest BCUT2D eigenvalue weighted by atomic mass is 32.2. The Morgan fingerprint density at radius 2 is 2.28 bits per heavy atom. The number of H-pyrrole nitrogens is 1. The van der Waals surface area contributed by atoms with E-state index >= 15 is 0 Å². The van der Waals surface area contributed by atoms with Gasteiger partial charge in [-0.25, -0.2) is 0 Å². The molecule has 6 heteroatoms. The minimum atomic E-state index is 0.415. The zero-order valence-electron chi connectivity index (χ0n) is 10.3. The van der Waals surface area contributed by atoms with Crippen LogP contribution in [0.1, 0.15) is 32.1 Å². The van der Waals surface area contributed by atoms with Crippen LogP contribution in [0.25, 0.3) is 5.78 Å². The van der Waals surface area contributed by atoms with E-state index in [-0.39, 0.29) is 0 Å². The molecule has 0 unspecified atom stereocenters. The van der Waals surface area contributed by atoms with Crippen LogP contribution in [0.4, 0.5) is 0 Å². The number of rotatable bonds is 5. The van der Waals surface area contributed by atoms with Crippen LogP contribution in [0.15, 0.2) is 24.1 Å². The maximum atomic E-state index is 4.16. The third-order valence-electron chi connectivity index (χ3n) is 3.73. The summed E-state index contributed by atoms with van der Waals surface area (Å²) >= 11 is 1.77. The smallest absolute Gasteiger partial charge is 0.272 e. The first-order valence-electron chi connectivity index (χ1n) is 6.31. The van der Waals surface area contributed by atoms with Crippen molar-refractivity contribution in [1.82, 2.24) is 24.8 Å². The van der Waals surface area contributed by atoms with Crippen LogP contribution in [0, 0.1) is 5.41 Å². The van der Waals surface area contributed by atoms with Crippen LogP contribution in [0.5, 0.6) is 0 Å². The second-order valence-corrected chi connectivity index (χ2v) is 5.94. The number of hydrogen-bond donors (Lipinski definition) is 1. The van der Waals surface area contributed by atoms with E-state index in [9.17, 15) is 0 Å². The van der Waals surface area contributed by atoms with Crippen LogP contribution in [-0.2, 0) is 0 Å². The topological polar surface area (TPSA) is 58.9 Å². The van der Waals surface area contributed by atoms with E-state index in [2.05, 4.69) is 32.9 Å². The Bertz CT molecular complexity index is 537. The van der Waals surface area contributed by atoms with Gasteiger partial charge < -0.3 is 0 Å². The number of thioether (sulfide) groups is 1. The third-order valence-corrected chi connectivity index (χ3v) is 5.01. The lowest BCUT2D eigenvalue weighted by Gasteiger charge is -2.26. The SMILES string of the molecule is C=CCC1(CSc2nnc3nc[nH]n23)CCCC1. The predicted octanol–water partition coefficient (Wildman–Crippen LogP) is 2.68. The maximum absolute atomic E-state index is 4.16. The van der Waals surface area contributed by atoms with E-state index in [1.54, 1.807) is 18.1 Å². The fourth-order valence-corrected chi connectivity index (χ4v) is 3.96. The van der Waals surface area contributed by atoms with E-state index in [4.69, 9.17) is 0 Å². The Labute approximate surface area is 110 Å². The summed E-state index contributed by atoms with van der Waals surface area (Å²) in [5.74, 6) is 1.72. The van der Waals surface area contributed by atoms with Crippen molar-refractivity contribution < 1.29 is 0 Å². The fraction of sp³-hybridized carbons (Fsp3) is 0.583. The lowest BCUT2D eigenvalue weighted by molar-refractivity contribution is 0.351. The van der Waals surface area contributed by atoms with Gasteiger partial charge in [-0.15, -0.1) is 16.8 Å². The van der Waals surface area contributed by atoms with Gasteiger partial charge in [0.15, 0.2) is 0 Å². The second-order valence-electron chi connectivity index (χ2n) is 4.99. The van der Waals surface area contributed by atoms with Gasteiger partial charge in [0.2, 0.25) is 5.16 Å². The first kappa shape index (κ1) is 11.8. The van der Waals surface area contributed by atoms with Crippen molar-refractivity contribution in [2.75, 3.05) is 5.75 Å². The highest BCUT2D eigenvalue weighted by molar-refractivity contribution is 7.99. The number of fused-ring (bicyclic) bond motifs is 1. The zero-order chi connectivity index (χ0) is 12.4. The van der Waals surface area contributed by atoms with Crippen LogP contribution >= 0.6 is 11.8 Å². The lowest BCUT2D eigenvalue weighted by atomic mass is 9.85. The molecule has 0 aromatic carbocycles. The minimum absolute atomic E-state index is 0.415. The molecular weight excluding hydrogens is 246 g/mol. The molecule has 96 valence electrons. The van der Waals surface area contributed by atoms with E-state index in [0.717, 1.165) is 17.3 Å². The van der Waals surface area contributed by atoms with Crippen molar-refractivity contribution in [3.05, 3.63) is 19.0 Å². The summed E-state index contributed by atoms with van der Waals surface area (Å²) in [5.41, 5.74) is 0.415. The summed E-state index contributed by atoms with van der Waals surface area (Å²) in [7, 11) is 0. The Balaban J connectivity index is 1.73. The molecule has 0 radical (unpaired) electrons. The highest BCUT2D eigenvalue weighted by Gasteiger charge is 2.33. The molecule has 0 aliphatic heterocycles. The van der Waals surface area contributed by atoms with Crippen LogP contribution in [0.2, 0.25) is 0 Å². The van der Waals surface area contributed by atoms with Gasteiger partial charge in [-0.3, -0.25) is 5.10 Å². The number of nitrogens with zero attached hydrogens (tertiary/aromatic N) is 4. The first-order chi connectivity index (χ1) is 8.83. The molecule has 2 heterocycles. The molecule has 5 nitrogen and oxygen atoms in total. The normalized spacial score (nSPS) is 18.4. The summed E-state index contributed by atoms with van der Waals surface area (Å²) in [6.07, 6.45) is 10.1. The molecule has 0 saturated heterocycles. The van der Waals surface area contributed by atoms with E-state index < -0.39 is 0 Å². The van der Waals surface area contributed by atoms with Gasteiger partial charge in [0.05, 0.1) is 0 Å². The molecule has 18 heavy (non-hydrogen) atoms. The largest absolute Gasteiger partial charge is 0.278 e. The molecule has 2 aromatic heterocycles. The zero-order valence-corrected chi connectivity index (χ0v) is 11.1. The maximum Gasteiger partial charge on any atom is 0.272 e. The number of aromatic amines is 1. The van der Waals surface area contributed by atoms with Crippen molar-refractivity contribution in [1.29, 1.82) is 0 Å². The summed E-state index contributed by atoms with van der Waals surface area (Å²) in [5, 5.41) is 12.1. The summed E-state index contributed by atoms with van der Waals surface area (Å²) < 4.78 is 1.83. The van der Waals surface area contributed by atoms with Gasteiger partial charge in [-0.2, -0.15) is 9.50 Å². The fourth-order valence-electron chi connectivity index (χ4n) is 2.75. The molecular formula is C12H17N5S. The third kappa shape index (κ3) is 2.05. The van der Waals surface area contributed by atoms with E-state index in [1.807, 2.05) is 4.52 Å². The molecule has 1 saturated carbocycles. The van der Waals surface area contributed by atoms with Crippen molar-refractivity contribution in [2.24, 2.45) is 5.41 Å². The first-order valence-corrected chi connectivity index (χ1v) is 7.30. The molecule has 0 amide bonds.